The van der Waals surface area contributed by atoms with Crippen molar-refractivity contribution in [2.75, 3.05) is 18.5 Å². The van der Waals surface area contributed by atoms with Crippen LogP contribution >= 0.6 is 0 Å². The molecule has 1 aromatic heterocycles. The summed E-state index contributed by atoms with van der Waals surface area (Å²) in [5, 5.41) is 16.4. The minimum Gasteiger partial charge on any atom is -0.494 e. The Morgan fingerprint density at radius 2 is 1.73 bits per heavy atom. The van der Waals surface area contributed by atoms with Crippen LogP contribution in [0.25, 0.3) is 0 Å². The Hall–Kier alpha value is -2.12. The lowest BCUT2D eigenvalue weighted by molar-refractivity contribution is 0.271. The summed E-state index contributed by atoms with van der Waals surface area (Å²) < 4.78 is 7.55. The lowest BCUT2D eigenvalue weighted by Crippen LogP contribution is -2.12. The van der Waals surface area contributed by atoms with Gasteiger partial charge in [-0.15, -0.1) is 0 Å². The second kappa shape index (κ2) is 16.5. The lowest BCUT2D eigenvalue weighted by Gasteiger charge is -2.14. The average molecular weight is 460 g/mol. The zero-order valence-electron chi connectivity index (χ0n) is 20.8. The molecule has 1 heterocycles. The highest BCUT2D eigenvalue weighted by atomic mass is 16.5. The van der Waals surface area contributed by atoms with Crippen LogP contribution in [-0.2, 0) is 13.7 Å². The molecule has 1 aromatic carbocycles. The molecule has 0 aliphatic heterocycles. The molecule has 0 amide bonds. The first kappa shape index (κ1) is 27.1. The molecule has 0 saturated heterocycles. The molecule has 0 radical (unpaired) electrons. The predicted molar refractivity (Wildman–Crippen MR) is 135 cm³/mol. The molecule has 2 rings (SSSR count). The molecule has 33 heavy (non-hydrogen) atoms. The normalized spacial score (nSPS) is 12.1. The van der Waals surface area contributed by atoms with Crippen LogP contribution in [0.2, 0.25) is 0 Å². The zero-order valence-corrected chi connectivity index (χ0v) is 20.8. The van der Waals surface area contributed by atoms with Gasteiger partial charge in [0.25, 0.3) is 0 Å². The summed E-state index contributed by atoms with van der Waals surface area (Å²) >= 11 is 0. The zero-order chi connectivity index (χ0) is 23.7. The smallest absolute Gasteiger partial charge is 0.221 e. The van der Waals surface area contributed by atoms with Crippen molar-refractivity contribution in [1.82, 2.24) is 14.8 Å². The standard InChI is InChI=1S/C26H45N5O2/c1-3-4-5-6-7-8-9-10-11-12-17-24(27)22-15-13-16-23(20-22)33-19-14-18-28-26-29-25(21-32)30-31(26)2/h13,15-16,20,24,32H,3-12,14,17-19,21,27H2,1-2H3,(H,28,29,30). The highest BCUT2D eigenvalue weighted by molar-refractivity contribution is 5.30. The third kappa shape index (κ3) is 11.0. The fraction of sp³-hybridized carbons (Fsp3) is 0.692. The van der Waals surface area contributed by atoms with Crippen molar-refractivity contribution in [3.8, 4) is 5.75 Å². The third-order valence-electron chi connectivity index (χ3n) is 5.98. The lowest BCUT2D eigenvalue weighted by atomic mass is 10.00. The summed E-state index contributed by atoms with van der Waals surface area (Å²) in [6.45, 7) is 3.44. The first-order valence-electron chi connectivity index (χ1n) is 12.9. The molecule has 0 fully saturated rings. The van der Waals surface area contributed by atoms with Gasteiger partial charge in [-0.25, -0.2) is 4.68 Å². The van der Waals surface area contributed by atoms with Gasteiger partial charge in [0.05, 0.1) is 6.61 Å². The number of aromatic nitrogens is 3. The fourth-order valence-corrected chi connectivity index (χ4v) is 3.97. The van der Waals surface area contributed by atoms with Crippen molar-refractivity contribution in [3.05, 3.63) is 35.7 Å². The van der Waals surface area contributed by atoms with Crippen LogP contribution in [0.5, 0.6) is 5.75 Å². The molecule has 0 aliphatic carbocycles. The molecule has 0 spiro atoms. The fourth-order valence-electron chi connectivity index (χ4n) is 3.97. The van der Waals surface area contributed by atoms with Crippen molar-refractivity contribution in [2.45, 2.75) is 96.6 Å². The summed E-state index contributed by atoms with van der Waals surface area (Å²) in [6, 6.07) is 8.26. The number of nitrogens with two attached hydrogens (primary N) is 1. The van der Waals surface area contributed by atoms with Gasteiger partial charge in [0.2, 0.25) is 5.95 Å². The average Bonchev–Trinajstić information content (AvgIpc) is 3.19. The van der Waals surface area contributed by atoms with Gasteiger partial charge in [0.1, 0.15) is 12.4 Å². The number of hydrogen-bond acceptors (Lipinski definition) is 6. The monoisotopic (exact) mass is 459 g/mol. The van der Waals surface area contributed by atoms with E-state index in [-0.39, 0.29) is 12.6 Å². The van der Waals surface area contributed by atoms with E-state index in [9.17, 15) is 0 Å². The molecule has 2 aromatic rings. The van der Waals surface area contributed by atoms with Gasteiger partial charge in [-0.1, -0.05) is 83.3 Å². The largest absolute Gasteiger partial charge is 0.494 e. The molecule has 186 valence electrons. The van der Waals surface area contributed by atoms with E-state index in [2.05, 4.69) is 34.5 Å². The Balaban J connectivity index is 1.56. The van der Waals surface area contributed by atoms with Crippen LogP contribution in [-0.4, -0.2) is 33.0 Å². The minimum atomic E-state index is -0.156. The second-order valence-electron chi connectivity index (χ2n) is 8.91. The topological polar surface area (TPSA) is 98.2 Å². The number of benzene rings is 1. The van der Waals surface area contributed by atoms with E-state index in [1.54, 1.807) is 11.7 Å². The molecular weight excluding hydrogens is 414 g/mol. The van der Waals surface area contributed by atoms with E-state index < -0.39 is 0 Å². The maximum atomic E-state index is 9.10. The quantitative estimate of drug-likeness (QED) is 0.240. The number of aliphatic hydroxyl groups is 1. The molecule has 0 saturated carbocycles. The molecule has 7 heteroatoms. The molecule has 1 unspecified atom stereocenters. The predicted octanol–water partition coefficient (Wildman–Crippen LogP) is 5.50. The number of aryl methyl sites for hydroxylation is 1. The van der Waals surface area contributed by atoms with Crippen molar-refractivity contribution >= 4 is 5.95 Å². The summed E-state index contributed by atoms with van der Waals surface area (Å²) in [6.07, 6.45) is 15.3. The van der Waals surface area contributed by atoms with Crippen LogP contribution in [0, 0.1) is 0 Å². The first-order chi connectivity index (χ1) is 16.1. The summed E-state index contributed by atoms with van der Waals surface area (Å²) in [5.41, 5.74) is 7.59. The molecule has 1 atom stereocenters. The number of unbranched alkanes of at least 4 members (excludes halogenated alkanes) is 9. The van der Waals surface area contributed by atoms with Crippen molar-refractivity contribution in [1.29, 1.82) is 0 Å². The van der Waals surface area contributed by atoms with Gasteiger partial charge in [0.15, 0.2) is 5.82 Å². The van der Waals surface area contributed by atoms with Crippen molar-refractivity contribution in [2.24, 2.45) is 12.8 Å². The first-order valence-corrected chi connectivity index (χ1v) is 12.9. The Bertz CT molecular complexity index is 765. The number of nitrogens with one attached hydrogen (secondary N) is 1. The van der Waals surface area contributed by atoms with Crippen LogP contribution in [0.3, 0.4) is 0 Å². The highest BCUT2D eigenvalue weighted by Gasteiger charge is 2.08. The maximum Gasteiger partial charge on any atom is 0.221 e. The highest BCUT2D eigenvalue weighted by Crippen LogP contribution is 2.22. The Morgan fingerprint density at radius 1 is 1.03 bits per heavy atom. The molecule has 0 bridgehead atoms. The van der Waals surface area contributed by atoms with Gasteiger partial charge in [-0.2, -0.15) is 10.1 Å². The van der Waals surface area contributed by atoms with Gasteiger partial charge < -0.3 is 20.9 Å². The van der Waals surface area contributed by atoms with Crippen molar-refractivity contribution in [3.63, 3.8) is 0 Å². The van der Waals surface area contributed by atoms with Gasteiger partial charge >= 0.3 is 0 Å². The Morgan fingerprint density at radius 3 is 2.39 bits per heavy atom. The summed E-state index contributed by atoms with van der Waals surface area (Å²) in [7, 11) is 1.80. The van der Waals surface area contributed by atoms with E-state index in [0.717, 1.165) is 30.7 Å². The van der Waals surface area contributed by atoms with Crippen LogP contribution < -0.4 is 15.8 Å². The van der Waals surface area contributed by atoms with E-state index in [4.69, 9.17) is 15.6 Å². The Kier molecular flexibility index (Phi) is 13.6. The minimum absolute atomic E-state index is 0.0703. The van der Waals surface area contributed by atoms with E-state index >= 15 is 0 Å². The second-order valence-corrected chi connectivity index (χ2v) is 8.91. The third-order valence-corrected chi connectivity index (χ3v) is 5.98. The van der Waals surface area contributed by atoms with Gasteiger partial charge in [-0.3, -0.25) is 0 Å². The van der Waals surface area contributed by atoms with Crippen LogP contribution in [0.1, 0.15) is 101 Å². The number of nitrogens with zero attached hydrogens (tertiary/aromatic N) is 3. The SMILES string of the molecule is CCCCCCCCCCCCC(N)c1cccc(OCCCNc2nc(CO)nn2C)c1. The number of hydrogen-bond donors (Lipinski definition) is 3. The van der Waals surface area contributed by atoms with Crippen LogP contribution in [0.4, 0.5) is 5.95 Å². The van der Waals surface area contributed by atoms with E-state index in [1.165, 1.54) is 64.2 Å². The van der Waals surface area contributed by atoms with E-state index in [1.807, 2.05) is 12.1 Å². The number of ether oxygens (including phenoxy) is 1. The van der Waals surface area contributed by atoms with Gasteiger partial charge in [0, 0.05) is 19.6 Å². The van der Waals surface area contributed by atoms with Crippen LogP contribution in [0.15, 0.2) is 24.3 Å². The summed E-state index contributed by atoms with van der Waals surface area (Å²) in [5.74, 6) is 1.94. The molecular formula is C26H45N5O2. The molecule has 0 aliphatic rings. The maximum absolute atomic E-state index is 9.10. The number of aliphatic hydroxyl groups excluding tert-OH is 1. The number of anilines is 1. The number of rotatable bonds is 19. The molecule has 7 nitrogen and oxygen atoms in total. The summed E-state index contributed by atoms with van der Waals surface area (Å²) in [4.78, 5) is 4.21. The van der Waals surface area contributed by atoms with E-state index in [0.29, 0.717) is 18.4 Å². The van der Waals surface area contributed by atoms with Gasteiger partial charge in [-0.05, 0) is 30.5 Å². The Labute approximate surface area is 200 Å². The van der Waals surface area contributed by atoms with Crippen molar-refractivity contribution < 1.29 is 9.84 Å². The molecule has 4 N–H and O–H groups in total.